The second-order valence-corrected chi connectivity index (χ2v) is 11.2. The number of phenolic OH excluding ortho intramolecular Hbond substituents is 2. The van der Waals surface area contributed by atoms with Gasteiger partial charge in [-0.1, -0.05) is 78.8 Å². The largest absolute Gasteiger partial charge is 0.507 e. The van der Waals surface area contributed by atoms with Crippen molar-refractivity contribution in [3.8, 4) is 23.0 Å². The lowest BCUT2D eigenvalue weighted by molar-refractivity contribution is -0.140. The number of benzene rings is 4. The molecular weight excluding hydrogens is 540 g/mol. The van der Waals surface area contributed by atoms with Gasteiger partial charge in [0.05, 0.1) is 12.8 Å². The molecule has 0 unspecified atom stereocenters. The number of carbonyl (C=O) groups excluding carboxylic acids is 2. The average molecular weight is 581 g/mol. The lowest BCUT2D eigenvalue weighted by Gasteiger charge is -2.18. The maximum atomic E-state index is 13.2. The first-order valence-corrected chi connectivity index (χ1v) is 14.7. The Morgan fingerprint density at radius 3 is 1.47 bits per heavy atom. The minimum absolute atomic E-state index is 0.160. The van der Waals surface area contributed by atoms with Crippen LogP contribution in [-0.2, 0) is 22.4 Å². The molecule has 4 rings (SSSR count). The summed E-state index contributed by atoms with van der Waals surface area (Å²) in [6, 6.07) is 14.5. The molecule has 0 amide bonds. The van der Waals surface area contributed by atoms with Crippen molar-refractivity contribution in [2.45, 2.75) is 73.6 Å². The van der Waals surface area contributed by atoms with E-state index in [2.05, 4.69) is 13.0 Å². The molecule has 0 saturated carbocycles. The van der Waals surface area contributed by atoms with Gasteiger partial charge in [0.15, 0.2) is 0 Å². The van der Waals surface area contributed by atoms with E-state index in [1.807, 2.05) is 77.1 Å². The summed E-state index contributed by atoms with van der Waals surface area (Å²) in [6.07, 6.45) is 5.59. The van der Waals surface area contributed by atoms with Gasteiger partial charge in [0.2, 0.25) is 0 Å². The number of phenols is 2. The molecule has 4 aromatic rings. The molecule has 6 heteroatoms. The average Bonchev–Trinajstić information content (AvgIpc) is 3.00. The Kier molecular flexibility index (Phi) is 9.92. The summed E-state index contributed by atoms with van der Waals surface area (Å²) >= 11 is 0. The van der Waals surface area contributed by atoms with E-state index < -0.39 is 11.9 Å². The topological polar surface area (TPSA) is 93.1 Å². The van der Waals surface area contributed by atoms with E-state index in [0.29, 0.717) is 57.0 Å². The van der Waals surface area contributed by atoms with E-state index in [4.69, 9.17) is 9.47 Å². The summed E-state index contributed by atoms with van der Waals surface area (Å²) in [5.74, 6) is -0.0275. The first kappa shape index (κ1) is 31.4. The highest BCUT2D eigenvalue weighted by atomic mass is 16.5. The number of aromatic hydroxyl groups is 2. The van der Waals surface area contributed by atoms with Crippen molar-refractivity contribution in [3.05, 3.63) is 94.1 Å². The van der Waals surface area contributed by atoms with Gasteiger partial charge in [0.1, 0.15) is 23.0 Å². The molecule has 0 aliphatic heterocycles. The van der Waals surface area contributed by atoms with Crippen molar-refractivity contribution >= 4 is 33.5 Å². The zero-order valence-electron chi connectivity index (χ0n) is 25.8. The van der Waals surface area contributed by atoms with Crippen LogP contribution in [0.4, 0.5) is 0 Å². The van der Waals surface area contributed by atoms with Gasteiger partial charge in [0, 0.05) is 32.7 Å². The van der Waals surface area contributed by atoms with Gasteiger partial charge in [0.25, 0.3) is 0 Å². The summed E-state index contributed by atoms with van der Waals surface area (Å²) < 4.78 is 11.8. The summed E-state index contributed by atoms with van der Waals surface area (Å²) in [6.45, 7) is 11.7. The molecular formula is C37H40O6. The minimum atomic E-state index is -0.570. The summed E-state index contributed by atoms with van der Waals surface area (Å²) in [7, 11) is 0. The highest BCUT2D eigenvalue weighted by Crippen LogP contribution is 2.42. The van der Waals surface area contributed by atoms with Crippen LogP contribution in [-0.4, -0.2) is 22.2 Å². The Labute approximate surface area is 253 Å². The van der Waals surface area contributed by atoms with Crippen molar-refractivity contribution in [2.75, 3.05) is 0 Å². The van der Waals surface area contributed by atoms with Crippen molar-refractivity contribution in [1.29, 1.82) is 0 Å². The summed E-state index contributed by atoms with van der Waals surface area (Å²) in [4.78, 5) is 26.3. The van der Waals surface area contributed by atoms with Gasteiger partial charge in [-0.25, -0.2) is 0 Å². The zero-order chi connectivity index (χ0) is 31.3. The molecule has 2 N–H and O–H groups in total. The van der Waals surface area contributed by atoms with Crippen molar-refractivity contribution < 1.29 is 29.3 Å². The third-order valence-electron chi connectivity index (χ3n) is 7.91. The van der Waals surface area contributed by atoms with E-state index in [9.17, 15) is 19.8 Å². The smallest absolute Gasteiger partial charge is 0.311 e. The quantitative estimate of drug-likeness (QED) is 0.111. The Morgan fingerprint density at radius 2 is 1.07 bits per heavy atom. The van der Waals surface area contributed by atoms with Crippen molar-refractivity contribution in [1.82, 2.24) is 0 Å². The van der Waals surface area contributed by atoms with Crippen molar-refractivity contribution in [2.24, 2.45) is 0 Å². The van der Waals surface area contributed by atoms with Crippen LogP contribution in [0, 0.1) is 13.8 Å². The molecule has 0 spiro atoms. The van der Waals surface area contributed by atoms with Crippen LogP contribution in [0.5, 0.6) is 23.0 Å². The monoisotopic (exact) mass is 580 g/mol. The molecule has 4 aromatic carbocycles. The maximum Gasteiger partial charge on any atom is 0.311 e. The number of carbonyl (C=O) groups is 2. The van der Waals surface area contributed by atoms with E-state index in [1.54, 1.807) is 12.1 Å². The maximum absolute atomic E-state index is 13.2. The normalized spacial score (nSPS) is 11.5. The fraction of sp³-hybridized carbons (Fsp3) is 0.297. The first-order chi connectivity index (χ1) is 20.5. The molecule has 0 aromatic heterocycles. The Hall–Kier alpha value is -4.58. The lowest BCUT2D eigenvalue weighted by Crippen LogP contribution is -2.16. The highest BCUT2D eigenvalue weighted by Gasteiger charge is 2.22. The van der Waals surface area contributed by atoms with E-state index in [-0.39, 0.29) is 24.3 Å². The van der Waals surface area contributed by atoms with Crippen LogP contribution in [0.1, 0.15) is 69.2 Å². The molecule has 224 valence electrons. The van der Waals surface area contributed by atoms with Gasteiger partial charge in [-0.05, 0) is 65.0 Å². The standard InChI is InChI=1S/C37H40O6/c1-7-23(4)17-19-27-25(6)35(41)29-13-9-11-15-31(29)37(27)43-33(39)21-20-32(38)42-36-26(18-16-22(2)3)24(5)34(40)28-12-8-10-14-30(28)36/h8-17,40-41H,7,18-21H2,1-6H3/b23-17+. The molecule has 0 aliphatic carbocycles. The molecule has 0 heterocycles. The number of ether oxygens (including phenoxy) is 2. The Bertz CT molecular complexity index is 1760. The van der Waals surface area contributed by atoms with Gasteiger partial charge >= 0.3 is 11.9 Å². The number of fused-ring (bicyclic) bond motifs is 2. The molecule has 0 atom stereocenters. The molecule has 0 radical (unpaired) electrons. The third-order valence-corrected chi connectivity index (χ3v) is 7.91. The SMILES string of the molecule is CC/C(C)=C/Cc1c(C)c(O)c2ccccc2c1OC(=O)CCC(=O)Oc1c(CC=C(C)C)c(C)c(O)c2ccccc12. The fourth-order valence-electron chi connectivity index (χ4n) is 5.12. The van der Waals surface area contributed by atoms with Crippen LogP contribution in [0.2, 0.25) is 0 Å². The molecule has 43 heavy (non-hydrogen) atoms. The molecule has 6 nitrogen and oxygen atoms in total. The molecule has 0 aliphatic rings. The van der Waals surface area contributed by atoms with Crippen LogP contribution >= 0.6 is 0 Å². The van der Waals surface area contributed by atoms with Crippen LogP contribution in [0.15, 0.2) is 71.8 Å². The summed E-state index contributed by atoms with van der Waals surface area (Å²) in [5, 5.41) is 24.2. The van der Waals surface area contributed by atoms with Crippen LogP contribution < -0.4 is 9.47 Å². The number of hydrogen-bond acceptors (Lipinski definition) is 6. The lowest BCUT2D eigenvalue weighted by atomic mass is 9.95. The minimum Gasteiger partial charge on any atom is -0.507 e. The van der Waals surface area contributed by atoms with E-state index >= 15 is 0 Å². The predicted molar refractivity (Wildman–Crippen MR) is 172 cm³/mol. The fourth-order valence-corrected chi connectivity index (χ4v) is 5.12. The van der Waals surface area contributed by atoms with Gasteiger partial charge in [-0.2, -0.15) is 0 Å². The summed E-state index contributed by atoms with van der Waals surface area (Å²) in [5.41, 5.74) is 5.04. The zero-order valence-corrected chi connectivity index (χ0v) is 25.8. The Balaban J connectivity index is 1.60. The molecule has 0 fully saturated rings. The number of allylic oxidation sites excluding steroid dienone is 4. The Morgan fingerprint density at radius 1 is 0.674 bits per heavy atom. The molecule has 0 bridgehead atoms. The van der Waals surface area contributed by atoms with E-state index in [0.717, 1.165) is 23.1 Å². The third kappa shape index (κ3) is 6.91. The second kappa shape index (κ2) is 13.6. The number of esters is 2. The van der Waals surface area contributed by atoms with E-state index in [1.165, 1.54) is 5.57 Å². The van der Waals surface area contributed by atoms with Crippen molar-refractivity contribution in [3.63, 3.8) is 0 Å². The van der Waals surface area contributed by atoms with Crippen LogP contribution in [0.25, 0.3) is 21.5 Å². The number of rotatable bonds is 10. The number of hydrogen-bond donors (Lipinski definition) is 2. The van der Waals surface area contributed by atoms with Crippen LogP contribution in [0.3, 0.4) is 0 Å². The van der Waals surface area contributed by atoms with Gasteiger partial charge in [-0.15, -0.1) is 0 Å². The highest BCUT2D eigenvalue weighted by molar-refractivity contribution is 5.98. The predicted octanol–water partition coefficient (Wildman–Crippen LogP) is 8.72. The molecule has 0 saturated heterocycles. The second-order valence-electron chi connectivity index (χ2n) is 11.2. The van der Waals surface area contributed by atoms with Gasteiger partial charge < -0.3 is 19.7 Å². The van der Waals surface area contributed by atoms with Gasteiger partial charge in [-0.3, -0.25) is 9.59 Å². The first-order valence-electron chi connectivity index (χ1n) is 14.7.